The molecule has 2 aromatic carbocycles. The number of nitrogens with zero attached hydrogens (tertiary/aromatic N) is 4. The number of halogens is 5. The number of carbonyl (C=O) groups excluding carboxylic acids is 1. The molecule has 2 saturated heterocycles. The lowest BCUT2D eigenvalue weighted by molar-refractivity contribution is 0.0950. The predicted octanol–water partition coefficient (Wildman–Crippen LogP) is 5.01. The van der Waals surface area contributed by atoms with Gasteiger partial charge >= 0.3 is 0 Å². The molecular formula is C29H30ClF4N5O. The maximum atomic E-state index is 13.8. The van der Waals surface area contributed by atoms with E-state index in [2.05, 4.69) is 25.0 Å². The van der Waals surface area contributed by atoms with Crippen molar-refractivity contribution in [1.29, 1.82) is 0 Å². The summed E-state index contributed by atoms with van der Waals surface area (Å²) in [7, 11) is 0. The maximum absolute atomic E-state index is 13.8. The first-order valence-electron chi connectivity index (χ1n) is 13.3. The van der Waals surface area contributed by atoms with Gasteiger partial charge in [-0.15, -0.1) is 0 Å². The summed E-state index contributed by atoms with van der Waals surface area (Å²) in [4.78, 5) is 23.8. The minimum Gasteiger partial charge on any atom is -0.353 e. The molecule has 212 valence electrons. The molecule has 2 aliphatic heterocycles. The fourth-order valence-corrected chi connectivity index (χ4v) is 5.65. The molecule has 40 heavy (non-hydrogen) atoms. The van der Waals surface area contributed by atoms with Crippen molar-refractivity contribution < 1.29 is 22.4 Å². The Hall–Kier alpha value is -3.21. The Kier molecular flexibility index (Phi) is 8.87. The van der Waals surface area contributed by atoms with Crippen molar-refractivity contribution in [3.63, 3.8) is 0 Å². The molecule has 3 heterocycles. The van der Waals surface area contributed by atoms with Gasteiger partial charge in [0.15, 0.2) is 11.6 Å². The molecule has 6 nitrogen and oxygen atoms in total. The maximum Gasteiger partial charge on any atom is 0.253 e. The van der Waals surface area contributed by atoms with Gasteiger partial charge in [0.25, 0.3) is 5.91 Å². The fourth-order valence-electron chi connectivity index (χ4n) is 5.37. The number of nitrogens with one attached hydrogen (secondary N) is 1. The largest absolute Gasteiger partial charge is 0.353 e. The van der Waals surface area contributed by atoms with E-state index < -0.39 is 29.2 Å². The third-order valence-corrected chi connectivity index (χ3v) is 7.89. The van der Waals surface area contributed by atoms with Gasteiger partial charge in [0.05, 0.1) is 10.6 Å². The normalized spacial score (nSPS) is 17.3. The summed E-state index contributed by atoms with van der Waals surface area (Å²) < 4.78 is 53.7. The molecule has 2 fully saturated rings. The van der Waals surface area contributed by atoms with Gasteiger partial charge in [-0.1, -0.05) is 23.7 Å². The first kappa shape index (κ1) is 28.3. The van der Waals surface area contributed by atoms with Gasteiger partial charge in [0, 0.05) is 63.1 Å². The molecule has 0 saturated carbocycles. The topological polar surface area (TPSA) is 51.7 Å². The molecule has 0 radical (unpaired) electrons. The van der Waals surface area contributed by atoms with Gasteiger partial charge < -0.3 is 10.2 Å². The third-order valence-electron chi connectivity index (χ3n) is 7.62. The summed E-state index contributed by atoms with van der Waals surface area (Å²) in [6.45, 7) is 5.53. The van der Waals surface area contributed by atoms with Crippen molar-refractivity contribution in [2.75, 3.05) is 44.2 Å². The highest BCUT2D eigenvalue weighted by atomic mass is 35.5. The second-order valence-corrected chi connectivity index (χ2v) is 10.6. The van der Waals surface area contributed by atoms with E-state index in [-0.39, 0.29) is 17.7 Å². The van der Waals surface area contributed by atoms with E-state index in [1.807, 2.05) is 0 Å². The second-order valence-electron chi connectivity index (χ2n) is 10.2. The first-order chi connectivity index (χ1) is 19.3. The van der Waals surface area contributed by atoms with Crippen LogP contribution in [0.2, 0.25) is 5.02 Å². The average molecular weight is 576 g/mol. The van der Waals surface area contributed by atoms with Crippen LogP contribution in [0.1, 0.15) is 34.3 Å². The number of aromatic nitrogens is 1. The van der Waals surface area contributed by atoms with Gasteiger partial charge in [-0.05, 0) is 55.8 Å². The van der Waals surface area contributed by atoms with Crippen LogP contribution in [-0.4, -0.2) is 66.0 Å². The highest BCUT2D eigenvalue weighted by molar-refractivity contribution is 6.33. The molecule has 3 aromatic rings. The van der Waals surface area contributed by atoms with Crippen LogP contribution in [-0.2, 0) is 13.1 Å². The molecule has 0 bridgehead atoms. The van der Waals surface area contributed by atoms with E-state index in [0.29, 0.717) is 23.4 Å². The summed E-state index contributed by atoms with van der Waals surface area (Å²) >= 11 is 6.50. The highest BCUT2D eigenvalue weighted by Gasteiger charge is 2.28. The van der Waals surface area contributed by atoms with E-state index in [4.69, 9.17) is 11.6 Å². The Morgan fingerprint density at radius 1 is 0.900 bits per heavy atom. The van der Waals surface area contributed by atoms with Crippen LogP contribution in [0.4, 0.5) is 23.4 Å². The summed E-state index contributed by atoms with van der Waals surface area (Å²) in [6, 6.07) is 9.30. The second kappa shape index (κ2) is 12.5. The van der Waals surface area contributed by atoms with Crippen LogP contribution in [0.5, 0.6) is 0 Å². The standard InChI is InChI=1S/C29H30ClF4N5O/c30-24-14-21(29(40)36-16-20-2-3-22(31)15-26(20)33)17-35-28(24)39-11-9-38(10-12-39)23-5-7-37(8-6-23)18-19-1-4-25(32)27(34)13-19/h1-4,13-15,17,23H,5-12,16,18H2,(H,36,40). The lowest BCUT2D eigenvalue weighted by atomic mass is 10.0. The molecule has 1 amide bonds. The minimum atomic E-state index is -0.823. The van der Waals surface area contributed by atoms with Crippen molar-refractivity contribution in [2.45, 2.75) is 32.0 Å². The monoisotopic (exact) mass is 575 g/mol. The van der Waals surface area contributed by atoms with Gasteiger partial charge in [-0.3, -0.25) is 14.6 Å². The Bertz CT molecular complexity index is 1360. The smallest absolute Gasteiger partial charge is 0.253 e. The molecule has 0 spiro atoms. The van der Waals surface area contributed by atoms with Crippen molar-refractivity contribution in [3.05, 3.63) is 93.6 Å². The summed E-state index contributed by atoms with van der Waals surface area (Å²) in [5.41, 5.74) is 1.21. The number of pyridine rings is 1. The first-order valence-corrected chi connectivity index (χ1v) is 13.7. The van der Waals surface area contributed by atoms with Crippen molar-refractivity contribution in [2.24, 2.45) is 0 Å². The van der Waals surface area contributed by atoms with Crippen molar-refractivity contribution in [1.82, 2.24) is 20.1 Å². The number of carbonyl (C=O) groups is 1. The number of piperidine rings is 1. The Balaban J connectivity index is 1.09. The van der Waals surface area contributed by atoms with E-state index in [0.717, 1.165) is 69.8 Å². The summed E-state index contributed by atoms with van der Waals surface area (Å²) in [5, 5.41) is 2.97. The summed E-state index contributed by atoms with van der Waals surface area (Å²) in [6.07, 6.45) is 3.47. The zero-order valence-electron chi connectivity index (χ0n) is 21.9. The molecule has 11 heteroatoms. The van der Waals surface area contributed by atoms with Gasteiger partial charge in [0.2, 0.25) is 0 Å². The number of anilines is 1. The SMILES string of the molecule is O=C(NCc1ccc(F)cc1F)c1cnc(N2CCN(C3CCN(Cc4ccc(F)c(F)c4)CC3)CC2)c(Cl)c1. The number of benzene rings is 2. The molecule has 1 N–H and O–H groups in total. The number of hydrogen-bond donors (Lipinski definition) is 1. The predicted molar refractivity (Wildman–Crippen MR) is 145 cm³/mol. The van der Waals surface area contributed by atoms with E-state index in [1.54, 1.807) is 12.1 Å². The highest BCUT2D eigenvalue weighted by Crippen LogP contribution is 2.27. The molecule has 5 rings (SSSR count). The zero-order valence-corrected chi connectivity index (χ0v) is 22.6. The number of hydrogen-bond acceptors (Lipinski definition) is 5. The average Bonchev–Trinajstić information content (AvgIpc) is 2.95. The lowest BCUT2D eigenvalue weighted by Crippen LogP contribution is -2.53. The Morgan fingerprint density at radius 3 is 2.33 bits per heavy atom. The molecule has 0 atom stereocenters. The van der Waals surface area contributed by atoms with Crippen molar-refractivity contribution in [3.8, 4) is 0 Å². The van der Waals surface area contributed by atoms with E-state index in [1.165, 1.54) is 24.4 Å². The number of likely N-dealkylation sites (tertiary alicyclic amines) is 1. The molecule has 1 aromatic heterocycles. The van der Waals surface area contributed by atoms with Crippen LogP contribution >= 0.6 is 11.6 Å². The van der Waals surface area contributed by atoms with Crippen LogP contribution in [0.15, 0.2) is 48.7 Å². The number of rotatable bonds is 7. The molecular weight excluding hydrogens is 546 g/mol. The fraction of sp³-hybridized carbons (Fsp3) is 0.379. The van der Waals surface area contributed by atoms with Crippen LogP contribution in [0, 0.1) is 23.3 Å². The van der Waals surface area contributed by atoms with Crippen molar-refractivity contribution >= 4 is 23.3 Å². The zero-order chi connectivity index (χ0) is 28.2. The molecule has 2 aliphatic rings. The van der Waals surface area contributed by atoms with Crippen LogP contribution in [0.3, 0.4) is 0 Å². The van der Waals surface area contributed by atoms with Gasteiger partial charge in [0.1, 0.15) is 17.5 Å². The molecule has 0 aliphatic carbocycles. The number of amides is 1. The minimum absolute atomic E-state index is 0.0873. The van der Waals surface area contributed by atoms with Crippen LogP contribution < -0.4 is 10.2 Å². The number of piperazine rings is 1. The van der Waals surface area contributed by atoms with Gasteiger partial charge in [-0.2, -0.15) is 0 Å². The van der Waals surface area contributed by atoms with E-state index >= 15 is 0 Å². The Labute approximate surface area is 235 Å². The third kappa shape index (κ3) is 6.74. The summed E-state index contributed by atoms with van der Waals surface area (Å²) in [5.74, 6) is -2.87. The van der Waals surface area contributed by atoms with E-state index in [9.17, 15) is 22.4 Å². The van der Waals surface area contributed by atoms with Crippen LogP contribution in [0.25, 0.3) is 0 Å². The quantitative estimate of drug-likeness (QED) is 0.402. The molecule has 0 unspecified atom stereocenters. The Morgan fingerprint density at radius 2 is 1.65 bits per heavy atom. The lowest BCUT2D eigenvalue weighted by Gasteiger charge is -2.43. The van der Waals surface area contributed by atoms with Gasteiger partial charge in [-0.25, -0.2) is 22.5 Å².